The van der Waals surface area contributed by atoms with Gasteiger partial charge in [-0.15, -0.1) is 0 Å². The van der Waals surface area contributed by atoms with E-state index in [0.717, 1.165) is 108 Å². The highest BCUT2D eigenvalue weighted by Crippen LogP contribution is 2.45. The van der Waals surface area contributed by atoms with Crippen molar-refractivity contribution in [3.05, 3.63) is 0 Å². The van der Waals surface area contributed by atoms with Gasteiger partial charge in [0.25, 0.3) is 0 Å². The fourth-order valence-corrected chi connectivity index (χ4v) is 11.7. The third-order valence-corrected chi connectivity index (χ3v) is 17.5. The van der Waals surface area contributed by atoms with Crippen LogP contribution in [-0.4, -0.2) is 96.7 Å². The molecule has 3 unspecified atom stereocenters. The van der Waals surface area contributed by atoms with Crippen LogP contribution in [0.2, 0.25) is 0 Å². The van der Waals surface area contributed by atoms with E-state index in [0.29, 0.717) is 37.5 Å². The fraction of sp³-hybridized carbons (Fsp3) is 0.941. The van der Waals surface area contributed by atoms with Crippen LogP contribution in [0.5, 0.6) is 0 Å². The van der Waals surface area contributed by atoms with Gasteiger partial charge in [0, 0.05) is 25.7 Å². The summed E-state index contributed by atoms with van der Waals surface area (Å²) in [6, 6.07) is 0. The van der Waals surface area contributed by atoms with Gasteiger partial charge >= 0.3 is 39.5 Å². The van der Waals surface area contributed by atoms with Gasteiger partial charge in [0.1, 0.15) is 19.3 Å². The van der Waals surface area contributed by atoms with Crippen LogP contribution in [0.15, 0.2) is 0 Å². The Morgan fingerprint density at radius 3 is 0.713 bits per heavy atom. The van der Waals surface area contributed by atoms with Crippen molar-refractivity contribution in [2.24, 2.45) is 23.7 Å². The van der Waals surface area contributed by atoms with Gasteiger partial charge in [0.2, 0.25) is 0 Å². The lowest BCUT2D eigenvalue weighted by Crippen LogP contribution is -2.30. The number of phosphoric ester groups is 2. The summed E-state index contributed by atoms with van der Waals surface area (Å²) in [4.78, 5) is 72.4. The molecule has 0 aliphatic carbocycles. The van der Waals surface area contributed by atoms with Crippen molar-refractivity contribution < 1.29 is 80.2 Å². The minimum atomic E-state index is -4.95. The monoisotopic (exact) mass is 1280 g/mol. The molecule has 0 saturated heterocycles. The third kappa shape index (κ3) is 62.6. The maximum Gasteiger partial charge on any atom is 0.472 e. The van der Waals surface area contributed by atoms with E-state index >= 15 is 0 Å². The van der Waals surface area contributed by atoms with Crippen LogP contribution in [0.25, 0.3) is 0 Å². The van der Waals surface area contributed by atoms with E-state index in [1.807, 2.05) is 0 Å². The standard InChI is InChI=1S/C68H132O17P2/c1-58(2)44-36-28-20-14-12-10-9-11-13-15-25-34-42-50-67(72)84-63(54-78-65(70)48-40-32-24-17-16-21-29-37-45-59(3)4)56-82-86(74,75)80-52-62(69)53-81-87(76,77)83-57-64(85-68(73)51-43-35-27-19-23-31-39-47-61(7)8)55-79-66(71)49-41-33-26-18-22-30-38-46-60(5)6/h58-64,69H,9-57H2,1-8H3,(H,74,75)(H,76,77)/t62?,63-,64-/m1/s1. The number of aliphatic hydroxyl groups excluding tert-OH is 1. The molecule has 17 nitrogen and oxygen atoms in total. The van der Waals surface area contributed by atoms with E-state index in [9.17, 15) is 43.2 Å². The first-order chi connectivity index (χ1) is 41.6. The molecule has 0 amide bonds. The first kappa shape index (κ1) is 85.1. The maximum absolute atomic E-state index is 13.0. The molecule has 0 saturated carbocycles. The second kappa shape index (κ2) is 57.9. The summed E-state index contributed by atoms with van der Waals surface area (Å²) in [5.74, 6) is 0.778. The number of phosphoric acid groups is 2. The molecule has 0 fully saturated rings. The van der Waals surface area contributed by atoms with Crippen molar-refractivity contribution in [2.75, 3.05) is 39.6 Å². The fourth-order valence-electron chi connectivity index (χ4n) is 10.1. The number of carbonyl (C=O) groups is 4. The first-order valence-corrected chi connectivity index (χ1v) is 38.2. The second-order valence-electron chi connectivity index (χ2n) is 26.5. The van der Waals surface area contributed by atoms with E-state index in [4.69, 9.17) is 37.0 Å². The van der Waals surface area contributed by atoms with Crippen LogP contribution >= 0.6 is 15.6 Å². The van der Waals surface area contributed by atoms with Gasteiger partial charge in [0.15, 0.2) is 12.2 Å². The van der Waals surface area contributed by atoms with Gasteiger partial charge in [-0.1, -0.05) is 280 Å². The van der Waals surface area contributed by atoms with E-state index in [1.54, 1.807) is 0 Å². The SMILES string of the molecule is CC(C)CCCCCCCCCCCCCCCC(=O)O[C@H](COC(=O)CCCCCCCCCCC(C)C)COP(=O)(O)OCC(O)COP(=O)(O)OC[C@@H](COC(=O)CCCCCCCCCC(C)C)OC(=O)CCCCCCCCCC(C)C. The van der Waals surface area contributed by atoms with Crippen molar-refractivity contribution >= 4 is 39.5 Å². The summed E-state index contributed by atoms with van der Waals surface area (Å²) in [6.45, 7) is 14.0. The van der Waals surface area contributed by atoms with Crippen LogP contribution in [0, 0.1) is 23.7 Å². The number of esters is 4. The minimum absolute atomic E-state index is 0.102. The highest BCUT2D eigenvalue weighted by molar-refractivity contribution is 7.47. The van der Waals surface area contributed by atoms with Gasteiger partial charge < -0.3 is 33.8 Å². The Hall–Kier alpha value is -1.94. The van der Waals surface area contributed by atoms with Crippen molar-refractivity contribution in [3.8, 4) is 0 Å². The molecular weight excluding hydrogens is 1150 g/mol. The molecule has 3 N–H and O–H groups in total. The Balaban J connectivity index is 5.24. The molecule has 0 heterocycles. The van der Waals surface area contributed by atoms with Crippen LogP contribution in [0.4, 0.5) is 0 Å². The summed E-state index contributed by atoms with van der Waals surface area (Å²) in [6.07, 6.45) is 39.2. The van der Waals surface area contributed by atoms with Gasteiger partial charge in [-0.3, -0.25) is 37.3 Å². The molecule has 0 aromatic carbocycles. The normalized spacial score (nSPS) is 14.3. The van der Waals surface area contributed by atoms with Gasteiger partial charge in [-0.05, 0) is 49.4 Å². The van der Waals surface area contributed by atoms with Crippen LogP contribution in [0.1, 0.15) is 331 Å². The molecule has 87 heavy (non-hydrogen) atoms. The third-order valence-electron chi connectivity index (χ3n) is 15.6. The molecule has 516 valence electrons. The smallest absolute Gasteiger partial charge is 0.462 e. The highest BCUT2D eigenvalue weighted by Gasteiger charge is 2.30. The number of unbranched alkanes of at least 4 members (excludes halogenated alkanes) is 31. The number of ether oxygens (including phenoxy) is 4. The summed E-state index contributed by atoms with van der Waals surface area (Å²) in [7, 11) is -9.90. The number of hydrogen-bond donors (Lipinski definition) is 3. The van der Waals surface area contributed by atoms with E-state index < -0.39 is 97.5 Å². The molecule has 5 atom stereocenters. The van der Waals surface area contributed by atoms with E-state index in [1.165, 1.54) is 128 Å². The summed E-state index contributed by atoms with van der Waals surface area (Å²) < 4.78 is 68.1. The molecule has 0 aliphatic heterocycles. The van der Waals surface area contributed by atoms with Crippen LogP contribution in [0.3, 0.4) is 0 Å². The van der Waals surface area contributed by atoms with Crippen molar-refractivity contribution in [1.82, 2.24) is 0 Å². The van der Waals surface area contributed by atoms with Crippen molar-refractivity contribution in [1.29, 1.82) is 0 Å². The lowest BCUT2D eigenvalue weighted by Gasteiger charge is -2.21. The Labute approximate surface area is 530 Å². The van der Waals surface area contributed by atoms with Crippen LogP contribution < -0.4 is 0 Å². The summed E-state index contributed by atoms with van der Waals surface area (Å²) in [5, 5.41) is 10.6. The van der Waals surface area contributed by atoms with Crippen molar-refractivity contribution in [2.45, 2.75) is 350 Å². The zero-order chi connectivity index (χ0) is 64.7. The number of carbonyl (C=O) groups excluding carboxylic acids is 4. The molecule has 0 bridgehead atoms. The Morgan fingerprint density at radius 2 is 0.483 bits per heavy atom. The molecule has 0 aliphatic rings. The number of hydrogen-bond acceptors (Lipinski definition) is 15. The Morgan fingerprint density at radius 1 is 0.287 bits per heavy atom. The molecule has 0 aromatic heterocycles. The van der Waals surface area contributed by atoms with Crippen LogP contribution in [-0.2, 0) is 65.4 Å². The molecule has 0 aromatic rings. The van der Waals surface area contributed by atoms with Crippen molar-refractivity contribution in [3.63, 3.8) is 0 Å². The topological polar surface area (TPSA) is 237 Å². The minimum Gasteiger partial charge on any atom is -0.462 e. The second-order valence-corrected chi connectivity index (χ2v) is 29.4. The number of rotatable bonds is 65. The molecular formula is C68H132O17P2. The zero-order valence-corrected chi connectivity index (χ0v) is 58.4. The average Bonchev–Trinajstić information content (AvgIpc) is 3.68. The number of aliphatic hydroxyl groups is 1. The largest absolute Gasteiger partial charge is 0.472 e. The zero-order valence-electron chi connectivity index (χ0n) is 56.6. The lowest BCUT2D eigenvalue weighted by atomic mass is 10.0. The van der Waals surface area contributed by atoms with E-state index in [2.05, 4.69) is 55.4 Å². The maximum atomic E-state index is 13.0. The first-order valence-electron chi connectivity index (χ1n) is 35.2. The van der Waals surface area contributed by atoms with Gasteiger partial charge in [0.05, 0.1) is 26.4 Å². The highest BCUT2D eigenvalue weighted by atomic mass is 31.2. The molecule has 0 rings (SSSR count). The summed E-state index contributed by atoms with van der Waals surface area (Å²) >= 11 is 0. The Bertz CT molecular complexity index is 1730. The summed E-state index contributed by atoms with van der Waals surface area (Å²) in [5.41, 5.74) is 0. The lowest BCUT2D eigenvalue weighted by molar-refractivity contribution is -0.161. The van der Waals surface area contributed by atoms with Gasteiger partial charge in [-0.2, -0.15) is 0 Å². The predicted molar refractivity (Wildman–Crippen MR) is 349 cm³/mol. The quantitative estimate of drug-likeness (QED) is 0.0222. The molecule has 0 spiro atoms. The average molecular weight is 1280 g/mol. The molecule has 19 heteroatoms. The van der Waals surface area contributed by atoms with Gasteiger partial charge in [-0.25, -0.2) is 9.13 Å². The van der Waals surface area contributed by atoms with E-state index in [-0.39, 0.29) is 25.7 Å². The Kier molecular flexibility index (Phi) is 56.6. The predicted octanol–water partition coefficient (Wildman–Crippen LogP) is 18.9. The molecule has 0 radical (unpaired) electrons.